The Bertz CT molecular complexity index is 1940. The van der Waals surface area contributed by atoms with Crippen LogP contribution in [0.15, 0.2) is 134 Å². The molecule has 0 aromatic rings. The fourth-order valence-electron chi connectivity index (χ4n) is 9.83. The van der Waals surface area contributed by atoms with Crippen LogP contribution >= 0.6 is 0 Å². The highest BCUT2D eigenvalue weighted by molar-refractivity contribution is 5.76. The highest BCUT2D eigenvalue weighted by atomic mass is 16.7. The van der Waals surface area contributed by atoms with Crippen molar-refractivity contribution in [3.8, 4) is 0 Å². The van der Waals surface area contributed by atoms with E-state index < -0.39 is 86.8 Å². The first-order valence-corrected chi connectivity index (χ1v) is 32.9. The van der Waals surface area contributed by atoms with Gasteiger partial charge in [0.2, 0.25) is 5.91 Å². The van der Waals surface area contributed by atoms with Crippen LogP contribution in [-0.4, -0.2) is 140 Å². The van der Waals surface area contributed by atoms with Gasteiger partial charge in [0.05, 0.1) is 32.0 Å². The molecule has 12 unspecified atom stereocenters. The number of hydrogen-bond donors (Lipinski definition) is 9. The fraction of sp³-hybridized carbons (Fsp3) is 0.676. The zero-order valence-electron chi connectivity index (χ0n) is 52.3. The van der Waals surface area contributed by atoms with Gasteiger partial charge in [0.1, 0.15) is 48.8 Å². The molecule has 85 heavy (non-hydrogen) atoms. The van der Waals surface area contributed by atoms with E-state index in [4.69, 9.17) is 18.9 Å². The molecule has 2 fully saturated rings. The Hall–Kier alpha value is -3.87. The molecule has 0 aromatic carbocycles. The predicted octanol–water partition coefficient (Wildman–Crippen LogP) is 12.7. The van der Waals surface area contributed by atoms with Crippen LogP contribution in [0.25, 0.3) is 0 Å². The summed E-state index contributed by atoms with van der Waals surface area (Å²) in [6.07, 6.45) is 63.7. The molecule has 2 aliphatic heterocycles. The van der Waals surface area contributed by atoms with E-state index in [2.05, 4.69) is 141 Å². The van der Waals surface area contributed by atoms with Gasteiger partial charge in [0, 0.05) is 6.42 Å². The van der Waals surface area contributed by atoms with Gasteiger partial charge in [-0.15, -0.1) is 0 Å². The minimum Gasteiger partial charge on any atom is -0.394 e. The van der Waals surface area contributed by atoms with Gasteiger partial charge in [0.25, 0.3) is 0 Å². The van der Waals surface area contributed by atoms with Crippen LogP contribution < -0.4 is 5.32 Å². The quantitative estimate of drug-likeness (QED) is 0.0204. The van der Waals surface area contributed by atoms with Crippen molar-refractivity contribution in [2.75, 3.05) is 19.8 Å². The maximum atomic E-state index is 13.3. The topological polar surface area (TPSA) is 228 Å². The van der Waals surface area contributed by atoms with Crippen molar-refractivity contribution in [3.63, 3.8) is 0 Å². The van der Waals surface area contributed by atoms with E-state index in [0.717, 1.165) is 96.3 Å². The first-order valence-electron chi connectivity index (χ1n) is 32.9. The van der Waals surface area contributed by atoms with Crippen molar-refractivity contribution in [2.24, 2.45) is 0 Å². The van der Waals surface area contributed by atoms with E-state index in [1.165, 1.54) is 83.5 Å². The summed E-state index contributed by atoms with van der Waals surface area (Å²) in [5.74, 6) is -0.260. The Morgan fingerprint density at radius 3 is 1.29 bits per heavy atom. The molecule has 14 heteroatoms. The van der Waals surface area contributed by atoms with Crippen LogP contribution in [0.5, 0.6) is 0 Å². The highest BCUT2D eigenvalue weighted by Gasteiger charge is 2.51. The van der Waals surface area contributed by atoms with Gasteiger partial charge < -0.3 is 65.1 Å². The van der Waals surface area contributed by atoms with Crippen molar-refractivity contribution < 1.29 is 64.6 Å². The minimum atomic E-state index is -1.80. The molecule has 0 radical (unpaired) electrons. The lowest BCUT2D eigenvalue weighted by atomic mass is 9.97. The normalized spacial score (nSPS) is 24.4. The molecule has 2 saturated heterocycles. The maximum Gasteiger partial charge on any atom is 0.220 e. The number of aliphatic hydroxyl groups excluding tert-OH is 8. The number of carbonyl (C=O) groups is 1. The van der Waals surface area contributed by atoms with E-state index >= 15 is 0 Å². The number of ether oxygens (including phenoxy) is 4. The third-order valence-corrected chi connectivity index (χ3v) is 15.1. The minimum absolute atomic E-state index is 0.260. The molecule has 12 atom stereocenters. The first kappa shape index (κ1) is 77.2. The van der Waals surface area contributed by atoms with Gasteiger partial charge in [0.15, 0.2) is 12.6 Å². The number of nitrogens with one attached hydrogen (secondary N) is 1. The van der Waals surface area contributed by atoms with Gasteiger partial charge in [-0.05, 0) is 103 Å². The lowest BCUT2D eigenvalue weighted by Gasteiger charge is -2.46. The molecule has 0 spiro atoms. The molecule has 14 nitrogen and oxygen atoms in total. The summed E-state index contributed by atoms with van der Waals surface area (Å²) in [6.45, 7) is 2.62. The molecule has 484 valence electrons. The number of allylic oxidation sites excluding steroid dienone is 21. The van der Waals surface area contributed by atoms with Gasteiger partial charge in [-0.1, -0.05) is 237 Å². The van der Waals surface area contributed by atoms with Crippen LogP contribution in [0.1, 0.15) is 213 Å². The fourth-order valence-corrected chi connectivity index (χ4v) is 9.83. The van der Waals surface area contributed by atoms with Crippen LogP contribution in [0.3, 0.4) is 0 Å². The third kappa shape index (κ3) is 38.9. The highest BCUT2D eigenvalue weighted by Crippen LogP contribution is 2.30. The number of amides is 1. The average Bonchev–Trinajstić information content (AvgIpc) is 3.60. The zero-order valence-corrected chi connectivity index (χ0v) is 52.3. The van der Waals surface area contributed by atoms with Crippen molar-refractivity contribution >= 4 is 5.91 Å². The Labute approximate surface area is 513 Å². The summed E-state index contributed by atoms with van der Waals surface area (Å²) in [5, 5.41) is 87.0. The van der Waals surface area contributed by atoms with Crippen LogP contribution in [-0.2, 0) is 23.7 Å². The van der Waals surface area contributed by atoms with E-state index in [9.17, 15) is 45.6 Å². The van der Waals surface area contributed by atoms with E-state index in [0.29, 0.717) is 12.8 Å². The summed E-state index contributed by atoms with van der Waals surface area (Å²) >= 11 is 0. The maximum absolute atomic E-state index is 13.3. The first-order chi connectivity index (χ1) is 41.6. The molecule has 0 aromatic heterocycles. The van der Waals surface area contributed by atoms with Gasteiger partial charge >= 0.3 is 0 Å². The van der Waals surface area contributed by atoms with Crippen molar-refractivity contribution in [1.29, 1.82) is 0 Å². The molecule has 2 heterocycles. The average molecular weight is 1190 g/mol. The number of carbonyl (C=O) groups excluding carboxylic acids is 1. The summed E-state index contributed by atoms with van der Waals surface area (Å²) < 4.78 is 22.7. The monoisotopic (exact) mass is 1190 g/mol. The lowest BCUT2D eigenvalue weighted by Crippen LogP contribution is -2.65. The summed E-state index contributed by atoms with van der Waals surface area (Å²) in [6, 6.07) is -0.941. The molecule has 0 aliphatic carbocycles. The molecule has 9 N–H and O–H groups in total. The number of unbranched alkanes of at least 4 members (excludes halogenated alkanes) is 18. The molecule has 2 aliphatic rings. The van der Waals surface area contributed by atoms with Crippen molar-refractivity contribution in [1.82, 2.24) is 5.32 Å². The molecular weight excluding hydrogens is 1070 g/mol. The van der Waals surface area contributed by atoms with E-state index in [-0.39, 0.29) is 18.9 Å². The Balaban J connectivity index is 1.62. The second-order valence-electron chi connectivity index (χ2n) is 22.5. The molecular formula is C71H117NO13. The molecule has 1 amide bonds. The number of hydrogen-bond acceptors (Lipinski definition) is 13. The smallest absolute Gasteiger partial charge is 0.220 e. The SMILES string of the molecule is CC/C=C\C/C=C\C/C=C\C/C=C\C/C=C\C/C=C\C/C=C\C/C=C\C/C=C\CCCCCCCCCCCCCC(=O)NC(COC1OC(CO)C(OC2OC(CO)C(O)C(O)C2O)C(O)C1O)C(O)/C=C/CC/C=C/CCCCCCCC. The lowest BCUT2D eigenvalue weighted by molar-refractivity contribution is -0.359. The number of rotatable bonds is 51. The second kappa shape index (κ2) is 54.3. The van der Waals surface area contributed by atoms with Crippen LogP contribution in [0.2, 0.25) is 0 Å². The van der Waals surface area contributed by atoms with Crippen LogP contribution in [0, 0.1) is 0 Å². The number of aliphatic hydroxyl groups is 8. The Morgan fingerprint density at radius 2 is 0.824 bits per heavy atom. The summed E-state index contributed by atoms with van der Waals surface area (Å²) in [7, 11) is 0. The molecule has 2 rings (SSSR count). The predicted molar refractivity (Wildman–Crippen MR) is 345 cm³/mol. The largest absolute Gasteiger partial charge is 0.394 e. The van der Waals surface area contributed by atoms with E-state index in [1.807, 2.05) is 6.08 Å². The third-order valence-electron chi connectivity index (χ3n) is 15.1. The molecule has 0 bridgehead atoms. The summed E-state index contributed by atoms with van der Waals surface area (Å²) in [5.41, 5.74) is 0. The standard InChI is InChI=1S/C71H117NO13/c1-3-5-7-9-11-13-15-17-18-19-20-21-22-23-24-25-26-27-28-29-30-31-32-33-34-35-36-37-38-39-40-41-42-43-45-47-49-51-53-55-63(76)72-59(60(75)54-52-50-48-46-44-16-14-12-10-8-6-4-2)58-82-70-68(81)66(79)69(62(57-74)84-70)85-71-67(80)65(78)64(77)61(56-73)83-71/h5,7,11,13,17-18,20-21,23-24,26-27,29-30,32-33,35-36,44,46,52,54,59-62,64-71,73-75,77-81H,3-4,6,8-10,12,14-16,19,22,25,28,31,34,37-43,45,47-51,53,55-58H2,1-2H3,(H,72,76)/b7-5-,13-11-,18-17-,21-20-,24-23-,27-26-,30-29-,33-32-,36-35-,46-44+,54-52+. The van der Waals surface area contributed by atoms with Gasteiger partial charge in [-0.3, -0.25) is 4.79 Å². The second-order valence-corrected chi connectivity index (χ2v) is 22.5. The Kier molecular flexibility index (Phi) is 49.3. The van der Waals surface area contributed by atoms with Gasteiger partial charge in [-0.2, -0.15) is 0 Å². The zero-order chi connectivity index (χ0) is 61.6. The van der Waals surface area contributed by atoms with Crippen molar-refractivity contribution in [2.45, 2.75) is 286 Å². The van der Waals surface area contributed by atoms with Crippen molar-refractivity contribution in [3.05, 3.63) is 134 Å². The molecule has 0 saturated carbocycles. The Morgan fingerprint density at radius 1 is 0.435 bits per heavy atom. The van der Waals surface area contributed by atoms with Gasteiger partial charge in [-0.25, -0.2) is 0 Å². The summed E-state index contributed by atoms with van der Waals surface area (Å²) in [4.78, 5) is 13.3. The van der Waals surface area contributed by atoms with Crippen LogP contribution in [0.4, 0.5) is 0 Å². The van der Waals surface area contributed by atoms with E-state index in [1.54, 1.807) is 6.08 Å².